The Hall–Kier alpha value is -3.16. The molecule has 0 bridgehead atoms. The zero-order valence-electron chi connectivity index (χ0n) is 18.9. The highest BCUT2D eigenvalue weighted by Crippen LogP contribution is 2.25. The fourth-order valence-electron chi connectivity index (χ4n) is 3.38. The smallest absolute Gasteiger partial charge is 0.273 e. The van der Waals surface area contributed by atoms with Crippen molar-refractivity contribution < 1.29 is 18.7 Å². The molecule has 7 heteroatoms. The van der Waals surface area contributed by atoms with Gasteiger partial charge in [0.1, 0.15) is 12.0 Å². The molecule has 0 aliphatic heterocycles. The minimum absolute atomic E-state index is 0.119. The number of amides is 1. The molecule has 1 heterocycles. The summed E-state index contributed by atoms with van der Waals surface area (Å²) in [6, 6.07) is 18.5. The molecule has 0 aliphatic rings. The third kappa shape index (κ3) is 6.67. The van der Waals surface area contributed by atoms with Crippen molar-refractivity contribution in [2.45, 2.75) is 33.0 Å². The molecule has 3 rings (SSSR count). The monoisotopic (exact) mass is 437 g/mol. The molecule has 7 nitrogen and oxygen atoms in total. The van der Waals surface area contributed by atoms with Gasteiger partial charge in [-0.25, -0.2) is 4.98 Å². The van der Waals surface area contributed by atoms with Crippen LogP contribution in [0.4, 0.5) is 0 Å². The summed E-state index contributed by atoms with van der Waals surface area (Å²) in [6.07, 6.45) is 1.40. The highest BCUT2D eigenvalue weighted by molar-refractivity contribution is 5.91. The molecule has 1 aromatic heterocycles. The highest BCUT2D eigenvalue weighted by atomic mass is 16.5. The van der Waals surface area contributed by atoms with E-state index in [2.05, 4.69) is 46.4 Å². The minimum atomic E-state index is -0.272. The number of nitrogens with one attached hydrogen (secondary N) is 1. The van der Waals surface area contributed by atoms with Crippen LogP contribution in [0.25, 0.3) is 0 Å². The maximum atomic E-state index is 12.2. The number of benzene rings is 2. The zero-order chi connectivity index (χ0) is 22.8. The van der Waals surface area contributed by atoms with Crippen LogP contribution in [0.15, 0.2) is 65.3 Å². The number of oxazole rings is 1. The van der Waals surface area contributed by atoms with E-state index in [9.17, 15) is 4.79 Å². The van der Waals surface area contributed by atoms with Gasteiger partial charge >= 0.3 is 0 Å². The Kier molecular flexibility index (Phi) is 8.83. The van der Waals surface area contributed by atoms with Crippen molar-refractivity contribution in [2.75, 3.05) is 26.9 Å². The van der Waals surface area contributed by atoms with Crippen molar-refractivity contribution in [2.24, 2.45) is 0 Å². The molecule has 0 aliphatic carbocycles. The van der Waals surface area contributed by atoms with Gasteiger partial charge in [-0.15, -0.1) is 0 Å². The maximum absolute atomic E-state index is 12.2. The number of methoxy groups -OCH3 is 1. The van der Waals surface area contributed by atoms with Crippen LogP contribution in [0, 0.1) is 0 Å². The Morgan fingerprint density at radius 2 is 1.88 bits per heavy atom. The van der Waals surface area contributed by atoms with Crippen molar-refractivity contribution in [1.82, 2.24) is 15.2 Å². The predicted octanol–water partition coefficient (Wildman–Crippen LogP) is 4.21. The highest BCUT2D eigenvalue weighted by Gasteiger charge is 2.20. The lowest BCUT2D eigenvalue weighted by molar-refractivity contribution is 0.0932. The first-order valence-corrected chi connectivity index (χ1v) is 10.8. The van der Waals surface area contributed by atoms with Gasteiger partial charge in [0.05, 0.1) is 19.8 Å². The molecule has 0 spiro atoms. The van der Waals surface area contributed by atoms with Crippen LogP contribution < -0.4 is 10.1 Å². The number of rotatable bonds is 12. The van der Waals surface area contributed by atoms with Crippen molar-refractivity contribution in [1.29, 1.82) is 0 Å². The summed E-state index contributed by atoms with van der Waals surface area (Å²) in [5, 5.41) is 2.76. The van der Waals surface area contributed by atoms with Gasteiger partial charge in [0.25, 0.3) is 5.91 Å². The molecule has 0 unspecified atom stereocenters. The zero-order valence-corrected chi connectivity index (χ0v) is 18.9. The maximum Gasteiger partial charge on any atom is 0.273 e. The van der Waals surface area contributed by atoms with E-state index < -0.39 is 0 Å². The summed E-state index contributed by atoms with van der Waals surface area (Å²) < 4.78 is 16.1. The van der Waals surface area contributed by atoms with Crippen LogP contribution in [0.3, 0.4) is 0 Å². The molecule has 3 aromatic rings. The van der Waals surface area contributed by atoms with Crippen LogP contribution in [-0.2, 0) is 17.8 Å². The molecule has 0 fully saturated rings. The number of carbonyl (C=O) groups is 1. The molecule has 2 aromatic carbocycles. The van der Waals surface area contributed by atoms with Gasteiger partial charge < -0.3 is 19.2 Å². The molecule has 0 saturated heterocycles. The third-order valence-corrected chi connectivity index (χ3v) is 5.16. The second-order valence-corrected chi connectivity index (χ2v) is 7.44. The topological polar surface area (TPSA) is 76.8 Å². The molecule has 1 N–H and O–H groups in total. The summed E-state index contributed by atoms with van der Waals surface area (Å²) in [6.45, 7) is 6.80. The van der Waals surface area contributed by atoms with Gasteiger partial charge in [0.15, 0.2) is 5.69 Å². The predicted molar refractivity (Wildman–Crippen MR) is 122 cm³/mol. The summed E-state index contributed by atoms with van der Waals surface area (Å²) in [4.78, 5) is 18.9. The van der Waals surface area contributed by atoms with Crippen LogP contribution in [0.2, 0.25) is 0 Å². The van der Waals surface area contributed by atoms with E-state index in [0.29, 0.717) is 38.7 Å². The fourth-order valence-corrected chi connectivity index (χ4v) is 3.38. The number of aromatic nitrogens is 1. The normalized spacial score (nSPS) is 12.0. The minimum Gasteiger partial charge on any atom is -0.494 e. The number of hydrogen-bond acceptors (Lipinski definition) is 6. The van der Waals surface area contributed by atoms with E-state index in [1.54, 1.807) is 7.11 Å². The van der Waals surface area contributed by atoms with Gasteiger partial charge in [-0.3, -0.25) is 9.69 Å². The number of ether oxygens (including phenoxy) is 2. The van der Waals surface area contributed by atoms with Gasteiger partial charge in [-0.2, -0.15) is 0 Å². The Morgan fingerprint density at radius 1 is 1.12 bits per heavy atom. The first-order valence-electron chi connectivity index (χ1n) is 10.8. The van der Waals surface area contributed by atoms with Crippen molar-refractivity contribution in [3.63, 3.8) is 0 Å². The van der Waals surface area contributed by atoms with Crippen LogP contribution in [0.1, 0.15) is 47.4 Å². The van der Waals surface area contributed by atoms with Gasteiger partial charge in [0.2, 0.25) is 5.89 Å². The summed E-state index contributed by atoms with van der Waals surface area (Å²) in [5.74, 6) is 1.08. The first kappa shape index (κ1) is 23.5. The Balaban J connectivity index is 1.74. The van der Waals surface area contributed by atoms with Crippen molar-refractivity contribution >= 4 is 5.91 Å². The molecule has 1 amide bonds. The molecule has 170 valence electrons. The van der Waals surface area contributed by atoms with E-state index >= 15 is 0 Å². The van der Waals surface area contributed by atoms with Crippen LogP contribution in [0.5, 0.6) is 5.75 Å². The summed E-state index contributed by atoms with van der Waals surface area (Å²) in [7, 11) is 1.59. The van der Waals surface area contributed by atoms with Crippen molar-refractivity contribution in [3.05, 3.63) is 83.6 Å². The van der Waals surface area contributed by atoms with Crippen molar-refractivity contribution in [3.8, 4) is 5.75 Å². The molecule has 0 saturated carbocycles. The average Bonchev–Trinajstić information content (AvgIpc) is 3.29. The number of hydrogen-bond donors (Lipinski definition) is 1. The van der Waals surface area contributed by atoms with Gasteiger partial charge in [-0.05, 0) is 37.1 Å². The van der Waals surface area contributed by atoms with E-state index in [1.807, 2.05) is 37.3 Å². The largest absolute Gasteiger partial charge is 0.494 e. The van der Waals surface area contributed by atoms with E-state index in [0.717, 1.165) is 11.3 Å². The number of carbonyl (C=O) groups excluding carboxylic acids is 1. The SMILES string of the molecule is CCOc1ccc(CN(Cc2nc(C(=O)NCCOC)co2)[C@@H](C)c2ccccc2)cc1. The summed E-state index contributed by atoms with van der Waals surface area (Å²) in [5.41, 5.74) is 2.62. The van der Waals surface area contributed by atoms with E-state index in [1.165, 1.54) is 11.8 Å². The number of nitrogens with zero attached hydrogens (tertiary/aromatic N) is 2. The standard InChI is InChI=1S/C25H31N3O4/c1-4-31-22-12-10-20(11-13-22)16-28(19(2)21-8-6-5-7-9-21)17-24-27-23(18-32-24)25(29)26-14-15-30-3/h5-13,18-19H,4,14-17H2,1-3H3,(H,26,29)/t19-/m0/s1. The molecular weight excluding hydrogens is 406 g/mol. The fraction of sp³-hybridized carbons (Fsp3) is 0.360. The third-order valence-electron chi connectivity index (χ3n) is 5.16. The summed E-state index contributed by atoms with van der Waals surface area (Å²) >= 11 is 0. The lowest BCUT2D eigenvalue weighted by Gasteiger charge is -2.28. The Morgan fingerprint density at radius 3 is 2.56 bits per heavy atom. The Labute approximate surface area is 189 Å². The molecule has 0 radical (unpaired) electrons. The second-order valence-electron chi connectivity index (χ2n) is 7.44. The van der Waals surface area contributed by atoms with E-state index in [-0.39, 0.29) is 17.6 Å². The van der Waals surface area contributed by atoms with Crippen LogP contribution in [-0.4, -0.2) is 42.7 Å². The molecule has 32 heavy (non-hydrogen) atoms. The average molecular weight is 438 g/mol. The van der Waals surface area contributed by atoms with E-state index in [4.69, 9.17) is 13.9 Å². The van der Waals surface area contributed by atoms with Gasteiger partial charge in [0, 0.05) is 26.2 Å². The second kappa shape index (κ2) is 12.0. The van der Waals surface area contributed by atoms with Crippen LogP contribution >= 0.6 is 0 Å². The first-order chi connectivity index (χ1) is 15.6. The molecular formula is C25H31N3O4. The quantitative estimate of drug-likeness (QED) is 0.428. The Bertz CT molecular complexity index is 957. The lowest BCUT2D eigenvalue weighted by Crippen LogP contribution is -2.28. The lowest BCUT2D eigenvalue weighted by atomic mass is 10.1. The van der Waals surface area contributed by atoms with Gasteiger partial charge in [-0.1, -0.05) is 42.5 Å². The molecule has 1 atom stereocenters.